The van der Waals surface area contributed by atoms with Gasteiger partial charge < -0.3 is 10.7 Å². The zero-order chi connectivity index (χ0) is 12.4. The highest BCUT2D eigenvalue weighted by Crippen LogP contribution is 2.09. The summed E-state index contributed by atoms with van der Waals surface area (Å²) < 4.78 is 1.83. The van der Waals surface area contributed by atoms with Crippen molar-refractivity contribution >= 4 is 17.3 Å². The fraction of sp³-hybridized carbons (Fsp3) is 0.182. The minimum Gasteiger partial charge on any atom is -0.369 e. The molecule has 0 bridgehead atoms. The number of anilines is 1. The van der Waals surface area contributed by atoms with Gasteiger partial charge in [0.15, 0.2) is 5.95 Å². The molecule has 3 rings (SSSR count). The zero-order valence-electron chi connectivity index (χ0n) is 9.58. The number of nitrogen functional groups attached to an aromatic ring is 1. The van der Waals surface area contributed by atoms with Gasteiger partial charge in [-0.3, -0.25) is 0 Å². The average molecular weight is 260 g/mol. The molecule has 0 saturated carbocycles. The van der Waals surface area contributed by atoms with Crippen LogP contribution in [0.4, 0.5) is 5.95 Å². The summed E-state index contributed by atoms with van der Waals surface area (Å²) in [4.78, 5) is 6.98. The molecular formula is C11H12N6S. The molecule has 3 aromatic heterocycles. The molecule has 0 aromatic carbocycles. The van der Waals surface area contributed by atoms with Crippen molar-refractivity contribution in [2.75, 3.05) is 5.73 Å². The number of rotatable bonds is 4. The molecule has 3 aromatic rings. The lowest BCUT2D eigenvalue weighted by Crippen LogP contribution is -1.98. The maximum atomic E-state index is 5.52. The van der Waals surface area contributed by atoms with Gasteiger partial charge in [0, 0.05) is 18.8 Å². The van der Waals surface area contributed by atoms with Crippen molar-refractivity contribution in [3.63, 3.8) is 0 Å². The fourth-order valence-electron chi connectivity index (χ4n) is 1.72. The Morgan fingerprint density at radius 3 is 3.06 bits per heavy atom. The van der Waals surface area contributed by atoms with Gasteiger partial charge in [-0.15, -0.1) is 5.10 Å². The third-order valence-electron chi connectivity index (χ3n) is 2.52. The lowest BCUT2D eigenvalue weighted by Gasteiger charge is -1.95. The van der Waals surface area contributed by atoms with Gasteiger partial charge in [0.25, 0.3) is 0 Å². The van der Waals surface area contributed by atoms with E-state index in [0.29, 0.717) is 12.4 Å². The molecule has 0 spiro atoms. The molecular weight excluding hydrogens is 248 g/mol. The Labute approximate surface area is 107 Å². The molecule has 6 nitrogen and oxygen atoms in total. The number of hydrogen-bond donors (Lipinski definition) is 2. The van der Waals surface area contributed by atoms with Gasteiger partial charge in [0.2, 0.25) is 0 Å². The minimum atomic E-state index is 0.427. The van der Waals surface area contributed by atoms with Gasteiger partial charge in [0.05, 0.1) is 17.9 Å². The third-order valence-corrected chi connectivity index (χ3v) is 3.26. The van der Waals surface area contributed by atoms with Crippen molar-refractivity contribution in [3.8, 4) is 0 Å². The smallest absolute Gasteiger partial charge is 0.197 e. The normalized spacial score (nSPS) is 10.9. The molecule has 0 fully saturated rings. The quantitative estimate of drug-likeness (QED) is 0.740. The minimum absolute atomic E-state index is 0.427. The van der Waals surface area contributed by atoms with Crippen LogP contribution in [-0.4, -0.2) is 25.0 Å². The lowest BCUT2D eigenvalue weighted by atomic mass is 10.3. The summed E-state index contributed by atoms with van der Waals surface area (Å²) in [6, 6.07) is 2.08. The van der Waals surface area contributed by atoms with Crippen molar-refractivity contribution in [1.82, 2.24) is 25.0 Å². The van der Waals surface area contributed by atoms with Gasteiger partial charge in [-0.25, -0.2) is 9.67 Å². The molecule has 92 valence electrons. The second-order valence-electron chi connectivity index (χ2n) is 3.99. The lowest BCUT2D eigenvalue weighted by molar-refractivity contribution is 0.650. The zero-order valence-corrected chi connectivity index (χ0v) is 10.4. The number of aromatic nitrogens is 5. The summed E-state index contributed by atoms with van der Waals surface area (Å²) in [6.45, 7) is 0.749. The number of nitrogens with one attached hydrogen (secondary N) is 1. The van der Waals surface area contributed by atoms with Crippen LogP contribution in [0.15, 0.2) is 29.2 Å². The van der Waals surface area contributed by atoms with Gasteiger partial charge >= 0.3 is 0 Å². The van der Waals surface area contributed by atoms with Crippen molar-refractivity contribution in [2.24, 2.45) is 0 Å². The van der Waals surface area contributed by atoms with Crippen LogP contribution in [0.5, 0.6) is 0 Å². The highest BCUT2D eigenvalue weighted by molar-refractivity contribution is 7.07. The second kappa shape index (κ2) is 4.61. The van der Waals surface area contributed by atoms with Crippen LogP contribution in [0.3, 0.4) is 0 Å². The Bertz CT molecular complexity index is 624. The molecule has 0 aliphatic heterocycles. The first-order valence-electron chi connectivity index (χ1n) is 5.49. The number of H-pyrrole nitrogens is 1. The van der Waals surface area contributed by atoms with E-state index in [-0.39, 0.29) is 0 Å². The Morgan fingerprint density at radius 2 is 2.33 bits per heavy atom. The van der Waals surface area contributed by atoms with E-state index in [4.69, 9.17) is 5.73 Å². The average Bonchev–Trinajstić information content (AvgIpc) is 3.04. The van der Waals surface area contributed by atoms with Crippen LogP contribution >= 0.6 is 11.3 Å². The summed E-state index contributed by atoms with van der Waals surface area (Å²) in [5.74, 6) is 0.427. The molecule has 0 unspecified atom stereocenters. The monoisotopic (exact) mass is 260 g/mol. The van der Waals surface area contributed by atoms with Crippen molar-refractivity contribution < 1.29 is 0 Å². The van der Waals surface area contributed by atoms with Crippen LogP contribution in [0.2, 0.25) is 0 Å². The van der Waals surface area contributed by atoms with Gasteiger partial charge in [0.1, 0.15) is 0 Å². The molecule has 18 heavy (non-hydrogen) atoms. The van der Waals surface area contributed by atoms with Gasteiger partial charge in [-0.2, -0.15) is 11.3 Å². The molecule has 0 atom stereocenters. The number of thiophene rings is 1. The molecule has 0 aliphatic rings. The van der Waals surface area contributed by atoms with E-state index in [0.717, 1.165) is 17.9 Å². The van der Waals surface area contributed by atoms with Crippen LogP contribution in [0.1, 0.15) is 17.0 Å². The molecule has 3 heterocycles. The number of nitrogens with zero attached hydrogens (tertiary/aromatic N) is 4. The summed E-state index contributed by atoms with van der Waals surface area (Å²) in [5, 5.41) is 12.4. The van der Waals surface area contributed by atoms with E-state index >= 15 is 0 Å². The Kier molecular flexibility index (Phi) is 2.81. The Balaban J connectivity index is 1.69. The topological polar surface area (TPSA) is 85.4 Å². The fourth-order valence-corrected chi connectivity index (χ4v) is 2.38. The van der Waals surface area contributed by atoms with Gasteiger partial charge in [-0.1, -0.05) is 5.21 Å². The van der Waals surface area contributed by atoms with Crippen LogP contribution in [0, 0.1) is 0 Å². The molecule has 0 saturated heterocycles. The number of hydrogen-bond acceptors (Lipinski definition) is 5. The second-order valence-corrected chi connectivity index (χ2v) is 4.77. The molecule has 0 amide bonds. The van der Waals surface area contributed by atoms with E-state index in [2.05, 4.69) is 37.1 Å². The predicted molar refractivity (Wildman–Crippen MR) is 69.2 cm³/mol. The summed E-state index contributed by atoms with van der Waals surface area (Å²) in [5.41, 5.74) is 8.51. The molecule has 0 aliphatic carbocycles. The van der Waals surface area contributed by atoms with Crippen molar-refractivity contribution in [3.05, 3.63) is 46.2 Å². The number of imidazole rings is 1. The van der Waals surface area contributed by atoms with E-state index in [9.17, 15) is 0 Å². The highest BCUT2D eigenvalue weighted by Gasteiger charge is 2.05. The highest BCUT2D eigenvalue weighted by atomic mass is 32.1. The van der Waals surface area contributed by atoms with Gasteiger partial charge in [-0.05, 0) is 22.4 Å². The summed E-state index contributed by atoms with van der Waals surface area (Å²) >= 11 is 1.68. The molecule has 0 radical (unpaired) electrons. The first-order chi connectivity index (χ1) is 8.79. The maximum Gasteiger partial charge on any atom is 0.197 e. The predicted octanol–water partition coefficient (Wildman–Crippen LogP) is 1.28. The van der Waals surface area contributed by atoms with E-state index < -0.39 is 0 Å². The van der Waals surface area contributed by atoms with Crippen molar-refractivity contribution in [1.29, 1.82) is 0 Å². The Hall–Kier alpha value is -2.15. The molecule has 3 N–H and O–H groups in total. The molecule has 7 heteroatoms. The SMILES string of the molecule is Nc1nc(Cc2cn(Cc3ccsc3)nn2)c[nH]1. The standard InChI is InChI=1S/C11H12N6S/c12-11-13-4-9(14-11)3-10-6-17(16-15-10)5-8-1-2-18-7-8/h1-2,4,6-7H,3,5H2,(H3,12,13,14). The Morgan fingerprint density at radius 1 is 1.39 bits per heavy atom. The first kappa shape index (κ1) is 11.0. The van der Waals surface area contributed by atoms with E-state index in [1.807, 2.05) is 10.9 Å². The van der Waals surface area contributed by atoms with Crippen LogP contribution in [0.25, 0.3) is 0 Å². The van der Waals surface area contributed by atoms with Crippen LogP contribution < -0.4 is 5.73 Å². The number of aromatic amines is 1. The summed E-state index contributed by atoms with van der Waals surface area (Å²) in [7, 11) is 0. The van der Waals surface area contributed by atoms with E-state index in [1.165, 1.54) is 5.56 Å². The van der Waals surface area contributed by atoms with Crippen molar-refractivity contribution in [2.45, 2.75) is 13.0 Å². The maximum absolute atomic E-state index is 5.52. The van der Waals surface area contributed by atoms with Crippen LogP contribution in [-0.2, 0) is 13.0 Å². The third kappa shape index (κ3) is 2.40. The largest absolute Gasteiger partial charge is 0.369 e. The number of nitrogens with two attached hydrogens (primary N) is 1. The van der Waals surface area contributed by atoms with E-state index in [1.54, 1.807) is 17.5 Å². The first-order valence-corrected chi connectivity index (χ1v) is 6.44. The summed E-state index contributed by atoms with van der Waals surface area (Å²) in [6.07, 6.45) is 4.35.